The van der Waals surface area contributed by atoms with E-state index >= 15 is 0 Å². The lowest BCUT2D eigenvalue weighted by Crippen LogP contribution is -2.39. The first kappa shape index (κ1) is 22.7. The minimum Gasteiger partial charge on any atom is -0.344 e. The zero-order chi connectivity index (χ0) is 24.0. The van der Waals surface area contributed by atoms with Crippen LogP contribution in [0.1, 0.15) is 37.5 Å². The van der Waals surface area contributed by atoms with Crippen molar-refractivity contribution in [1.29, 1.82) is 0 Å². The summed E-state index contributed by atoms with van der Waals surface area (Å²) in [5.41, 5.74) is 4.44. The Balaban J connectivity index is 2.09. The van der Waals surface area contributed by atoms with Crippen LogP contribution in [0.2, 0.25) is 0 Å². The van der Waals surface area contributed by atoms with E-state index in [0.717, 1.165) is 22.3 Å². The number of carbonyl (C=O) groups is 1. The Bertz CT molecular complexity index is 1520. The largest absolute Gasteiger partial charge is 0.344 e. The molecule has 0 saturated heterocycles. The second-order valence-corrected chi connectivity index (χ2v) is 9.70. The van der Waals surface area contributed by atoms with Crippen molar-refractivity contribution in [3.8, 4) is 5.69 Å². The van der Waals surface area contributed by atoms with Gasteiger partial charge in [0.1, 0.15) is 4.83 Å². The molecule has 0 N–H and O–H groups in total. The van der Waals surface area contributed by atoms with E-state index < -0.39 is 11.2 Å². The summed E-state index contributed by atoms with van der Waals surface area (Å²) >= 11 is 1.21. The molecular formula is C26H27N3O3S. The molecule has 4 aromatic rings. The molecule has 2 heterocycles. The molecule has 0 radical (unpaired) electrons. The second-order valence-electron chi connectivity index (χ2n) is 8.70. The Morgan fingerprint density at radius 3 is 2.33 bits per heavy atom. The lowest BCUT2D eigenvalue weighted by atomic mass is 10.1. The molecule has 0 fully saturated rings. The second kappa shape index (κ2) is 8.48. The summed E-state index contributed by atoms with van der Waals surface area (Å²) in [4.78, 5) is 42.7. The standard InChI is InChI=1S/C26H27N3O3S/c1-15-8-7-9-19(12-15)14-28-25-21(18(4)22(33-25)24(31)27(5)6)23(30)29(26(28)32)20-11-10-16(2)17(3)13-20/h7-13H,14H2,1-6H3. The van der Waals surface area contributed by atoms with Crippen LogP contribution in [0, 0.1) is 27.7 Å². The number of aromatic nitrogens is 2. The summed E-state index contributed by atoms with van der Waals surface area (Å²) in [7, 11) is 3.36. The van der Waals surface area contributed by atoms with Crippen molar-refractivity contribution in [2.75, 3.05) is 14.1 Å². The van der Waals surface area contributed by atoms with Crippen molar-refractivity contribution < 1.29 is 4.79 Å². The van der Waals surface area contributed by atoms with Gasteiger partial charge in [-0.1, -0.05) is 35.9 Å². The maximum atomic E-state index is 13.8. The number of carbonyl (C=O) groups excluding carboxylic acids is 1. The maximum Gasteiger partial charge on any atom is 0.337 e. The molecule has 0 aliphatic rings. The summed E-state index contributed by atoms with van der Waals surface area (Å²) in [6, 6.07) is 13.5. The molecule has 0 aliphatic carbocycles. The number of hydrogen-bond donors (Lipinski definition) is 0. The van der Waals surface area contributed by atoms with Gasteiger partial charge in [0, 0.05) is 14.1 Å². The highest BCUT2D eigenvalue weighted by molar-refractivity contribution is 7.20. The van der Waals surface area contributed by atoms with Gasteiger partial charge in [-0.25, -0.2) is 9.36 Å². The molecule has 0 unspecified atom stereocenters. The fourth-order valence-electron chi connectivity index (χ4n) is 3.98. The molecule has 0 atom stereocenters. The van der Waals surface area contributed by atoms with Crippen LogP contribution in [-0.4, -0.2) is 34.0 Å². The first-order valence-electron chi connectivity index (χ1n) is 10.7. The number of thiophene rings is 1. The van der Waals surface area contributed by atoms with Gasteiger partial charge >= 0.3 is 5.69 Å². The smallest absolute Gasteiger partial charge is 0.337 e. The average Bonchev–Trinajstić information content (AvgIpc) is 3.10. The topological polar surface area (TPSA) is 64.3 Å². The lowest BCUT2D eigenvalue weighted by Gasteiger charge is -2.14. The molecule has 1 amide bonds. The summed E-state index contributed by atoms with van der Waals surface area (Å²) in [5.74, 6) is -0.180. The molecule has 0 bridgehead atoms. The Hall–Kier alpha value is -3.45. The number of benzene rings is 2. The molecule has 2 aromatic carbocycles. The Kier molecular flexibility index (Phi) is 5.84. The Morgan fingerprint density at radius 1 is 0.970 bits per heavy atom. The lowest BCUT2D eigenvalue weighted by molar-refractivity contribution is 0.0831. The highest BCUT2D eigenvalue weighted by Crippen LogP contribution is 2.29. The van der Waals surface area contributed by atoms with Crippen LogP contribution in [0.15, 0.2) is 52.1 Å². The van der Waals surface area contributed by atoms with Crippen LogP contribution in [0.5, 0.6) is 0 Å². The number of amides is 1. The zero-order valence-corrected chi connectivity index (χ0v) is 20.5. The van der Waals surface area contributed by atoms with E-state index in [1.54, 1.807) is 31.7 Å². The number of hydrogen-bond acceptors (Lipinski definition) is 4. The fraction of sp³-hybridized carbons (Fsp3) is 0.269. The quantitative estimate of drug-likeness (QED) is 0.458. The van der Waals surface area contributed by atoms with Gasteiger partial charge in [0.05, 0.1) is 22.5 Å². The molecular weight excluding hydrogens is 434 g/mol. The molecule has 6 nitrogen and oxygen atoms in total. The van der Waals surface area contributed by atoms with Crippen molar-refractivity contribution in [3.05, 3.63) is 96.0 Å². The van der Waals surface area contributed by atoms with E-state index in [-0.39, 0.29) is 5.91 Å². The van der Waals surface area contributed by atoms with Gasteiger partial charge in [-0.15, -0.1) is 11.3 Å². The minimum absolute atomic E-state index is 0.180. The summed E-state index contributed by atoms with van der Waals surface area (Å²) < 4.78 is 2.85. The van der Waals surface area contributed by atoms with Crippen LogP contribution in [0.3, 0.4) is 0 Å². The third kappa shape index (κ3) is 3.93. The predicted molar refractivity (Wildman–Crippen MR) is 134 cm³/mol. The van der Waals surface area contributed by atoms with Gasteiger partial charge in [0.25, 0.3) is 11.5 Å². The van der Waals surface area contributed by atoms with Crippen molar-refractivity contribution in [2.24, 2.45) is 0 Å². The highest BCUT2D eigenvalue weighted by Gasteiger charge is 2.24. The van der Waals surface area contributed by atoms with Gasteiger partial charge < -0.3 is 4.90 Å². The van der Waals surface area contributed by atoms with E-state index in [0.29, 0.717) is 32.9 Å². The summed E-state index contributed by atoms with van der Waals surface area (Å²) in [6.45, 7) is 8.03. The monoisotopic (exact) mass is 461 g/mol. The number of nitrogens with zero attached hydrogens (tertiary/aromatic N) is 3. The first-order chi connectivity index (χ1) is 15.6. The Labute approximate surface area is 196 Å². The molecule has 33 heavy (non-hydrogen) atoms. The molecule has 0 saturated carbocycles. The Morgan fingerprint density at radius 2 is 1.70 bits per heavy atom. The van der Waals surface area contributed by atoms with Gasteiger partial charge in [0.2, 0.25) is 0 Å². The van der Waals surface area contributed by atoms with Gasteiger partial charge in [-0.3, -0.25) is 14.2 Å². The third-order valence-electron chi connectivity index (χ3n) is 5.98. The number of fused-ring (bicyclic) bond motifs is 1. The normalized spacial score (nSPS) is 11.2. The van der Waals surface area contributed by atoms with Crippen molar-refractivity contribution in [3.63, 3.8) is 0 Å². The summed E-state index contributed by atoms with van der Waals surface area (Å²) in [5, 5.41) is 0.413. The van der Waals surface area contributed by atoms with Crippen molar-refractivity contribution in [2.45, 2.75) is 34.2 Å². The zero-order valence-electron chi connectivity index (χ0n) is 19.7. The van der Waals surface area contributed by atoms with E-state index in [1.807, 2.05) is 57.2 Å². The highest BCUT2D eigenvalue weighted by atomic mass is 32.1. The van der Waals surface area contributed by atoms with Gasteiger partial charge in [-0.2, -0.15) is 0 Å². The van der Waals surface area contributed by atoms with E-state index in [9.17, 15) is 14.4 Å². The number of aryl methyl sites for hydroxylation is 4. The van der Waals surface area contributed by atoms with Gasteiger partial charge in [0.15, 0.2) is 0 Å². The molecule has 2 aromatic heterocycles. The molecule has 4 rings (SSSR count). The number of rotatable bonds is 4. The first-order valence-corrected chi connectivity index (χ1v) is 11.6. The van der Waals surface area contributed by atoms with Crippen LogP contribution in [-0.2, 0) is 6.54 Å². The van der Waals surface area contributed by atoms with Crippen molar-refractivity contribution >= 4 is 27.5 Å². The van der Waals surface area contributed by atoms with E-state index in [1.165, 1.54) is 20.8 Å². The van der Waals surface area contributed by atoms with Crippen LogP contribution >= 0.6 is 11.3 Å². The van der Waals surface area contributed by atoms with Crippen LogP contribution in [0.4, 0.5) is 0 Å². The third-order valence-corrected chi connectivity index (χ3v) is 7.29. The van der Waals surface area contributed by atoms with Crippen LogP contribution < -0.4 is 11.2 Å². The van der Waals surface area contributed by atoms with Crippen molar-refractivity contribution in [1.82, 2.24) is 14.0 Å². The van der Waals surface area contributed by atoms with E-state index in [4.69, 9.17) is 0 Å². The SMILES string of the molecule is Cc1cccc(Cn2c(=O)n(-c3ccc(C)c(C)c3)c(=O)c3c(C)c(C(=O)N(C)C)sc32)c1. The molecule has 170 valence electrons. The molecule has 0 spiro atoms. The fourth-order valence-corrected chi connectivity index (χ4v) is 5.29. The maximum absolute atomic E-state index is 13.8. The van der Waals surface area contributed by atoms with E-state index in [2.05, 4.69) is 0 Å². The van der Waals surface area contributed by atoms with Crippen LogP contribution in [0.25, 0.3) is 15.9 Å². The summed E-state index contributed by atoms with van der Waals surface area (Å²) in [6.07, 6.45) is 0. The minimum atomic E-state index is -0.414. The predicted octanol–water partition coefficient (Wildman–Crippen LogP) is 4.20. The molecule has 0 aliphatic heterocycles. The van der Waals surface area contributed by atoms with Gasteiger partial charge in [-0.05, 0) is 62.1 Å². The molecule has 7 heteroatoms. The average molecular weight is 462 g/mol.